The van der Waals surface area contributed by atoms with Crippen LogP contribution in [0.25, 0.3) is 11.3 Å². The molecule has 0 aliphatic heterocycles. The fourth-order valence-electron chi connectivity index (χ4n) is 1.47. The van der Waals surface area contributed by atoms with Crippen LogP contribution in [-0.2, 0) is 6.42 Å². The number of aromatic hydroxyl groups is 1. The summed E-state index contributed by atoms with van der Waals surface area (Å²) >= 11 is 0. The lowest BCUT2D eigenvalue weighted by Crippen LogP contribution is -1.91. The van der Waals surface area contributed by atoms with Gasteiger partial charge < -0.3 is 5.11 Å². The first-order chi connectivity index (χ1) is 7.81. The fraction of sp³-hybridized carbons (Fsp3) is 0.0769. The molecule has 0 unspecified atom stereocenters. The molecule has 3 nitrogen and oxygen atoms in total. The van der Waals surface area contributed by atoms with Gasteiger partial charge in [-0.2, -0.15) is 5.26 Å². The third kappa shape index (κ3) is 2.01. The van der Waals surface area contributed by atoms with Gasteiger partial charge in [-0.25, -0.2) is 4.98 Å². The van der Waals surface area contributed by atoms with Crippen LogP contribution < -0.4 is 0 Å². The van der Waals surface area contributed by atoms with Crippen LogP contribution in [0.2, 0.25) is 0 Å². The second kappa shape index (κ2) is 4.45. The maximum absolute atomic E-state index is 9.50. The average Bonchev–Trinajstić information content (AvgIpc) is 2.33. The molecule has 1 aromatic heterocycles. The highest BCUT2D eigenvalue weighted by Gasteiger charge is 2.05. The number of nitriles is 1. The molecule has 0 spiro atoms. The molecule has 1 heterocycles. The van der Waals surface area contributed by atoms with Crippen LogP contribution in [0, 0.1) is 11.3 Å². The lowest BCUT2D eigenvalue weighted by molar-refractivity contribution is 0.466. The van der Waals surface area contributed by atoms with Gasteiger partial charge in [0.25, 0.3) is 0 Å². The summed E-state index contributed by atoms with van der Waals surface area (Å²) in [6.45, 7) is 0. The summed E-state index contributed by atoms with van der Waals surface area (Å²) in [7, 11) is 0. The van der Waals surface area contributed by atoms with Gasteiger partial charge >= 0.3 is 0 Å². The zero-order valence-corrected chi connectivity index (χ0v) is 8.59. The molecular weight excluding hydrogens is 200 g/mol. The van der Waals surface area contributed by atoms with Gasteiger partial charge in [-0.1, -0.05) is 30.3 Å². The normalized spacial score (nSPS) is 9.69. The molecule has 78 valence electrons. The Balaban J connectivity index is 2.45. The van der Waals surface area contributed by atoms with Crippen molar-refractivity contribution in [3.8, 4) is 23.1 Å². The Morgan fingerprint density at radius 1 is 1.12 bits per heavy atom. The summed E-state index contributed by atoms with van der Waals surface area (Å²) in [5, 5.41) is 18.1. The fourth-order valence-corrected chi connectivity index (χ4v) is 1.47. The molecular formula is C13H10N2O. The van der Waals surface area contributed by atoms with Gasteiger partial charge in [0, 0.05) is 5.56 Å². The molecule has 3 heteroatoms. The summed E-state index contributed by atoms with van der Waals surface area (Å²) < 4.78 is 0. The first-order valence-electron chi connectivity index (χ1n) is 4.92. The van der Waals surface area contributed by atoms with Gasteiger partial charge in [0.05, 0.1) is 23.9 Å². The number of benzene rings is 1. The molecule has 1 aromatic carbocycles. The molecule has 0 aliphatic carbocycles. The SMILES string of the molecule is N#CCc1nc(-c2ccccc2)ccc1O. The second-order valence-corrected chi connectivity index (χ2v) is 3.36. The topological polar surface area (TPSA) is 56.9 Å². The van der Waals surface area contributed by atoms with Gasteiger partial charge in [0.15, 0.2) is 0 Å². The molecule has 1 N–H and O–H groups in total. The Bertz CT molecular complexity index is 529. The molecule has 0 saturated carbocycles. The van der Waals surface area contributed by atoms with Gasteiger partial charge in [0.1, 0.15) is 5.75 Å². The van der Waals surface area contributed by atoms with Crippen molar-refractivity contribution in [1.29, 1.82) is 5.26 Å². The number of nitrogens with zero attached hydrogens (tertiary/aromatic N) is 2. The monoisotopic (exact) mass is 210 g/mol. The van der Waals surface area contributed by atoms with Gasteiger partial charge in [-0.05, 0) is 12.1 Å². The predicted octanol–water partition coefficient (Wildman–Crippen LogP) is 2.52. The lowest BCUT2D eigenvalue weighted by Gasteiger charge is -2.04. The van der Waals surface area contributed by atoms with E-state index in [2.05, 4.69) is 4.98 Å². The van der Waals surface area contributed by atoms with Crippen LogP contribution in [0.1, 0.15) is 5.69 Å². The molecule has 0 saturated heterocycles. The Labute approximate surface area is 93.6 Å². The van der Waals surface area contributed by atoms with E-state index in [0.717, 1.165) is 11.3 Å². The maximum Gasteiger partial charge on any atom is 0.138 e. The Kier molecular flexibility index (Phi) is 2.84. The Morgan fingerprint density at radius 3 is 2.56 bits per heavy atom. The molecule has 2 rings (SSSR count). The quantitative estimate of drug-likeness (QED) is 0.828. The van der Waals surface area contributed by atoms with E-state index in [1.54, 1.807) is 12.1 Å². The molecule has 2 aromatic rings. The van der Waals surface area contributed by atoms with E-state index >= 15 is 0 Å². The molecule has 0 aliphatic rings. The third-order valence-corrected chi connectivity index (χ3v) is 2.27. The number of pyridine rings is 1. The number of aromatic nitrogens is 1. The van der Waals surface area contributed by atoms with Crippen molar-refractivity contribution in [3.05, 3.63) is 48.2 Å². The predicted molar refractivity (Wildman–Crippen MR) is 60.7 cm³/mol. The van der Waals surface area contributed by atoms with Crippen LogP contribution in [0.5, 0.6) is 5.75 Å². The van der Waals surface area contributed by atoms with Gasteiger partial charge in [-0.3, -0.25) is 0 Å². The highest BCUT2D eigenvalue weighted by molar-refractivity contribution is 5.60. The van der Waals surface area contributed by atoms with E-state index in [4.69, 9.17) is 5.26 Å². The van der Waals surface area contributed by atoms with Crippen LogP contribution in [-0.4, -0.2) is 10.1 Å². The molecule has 16 heavy (non-hydrogen) atoms. The largest absolute Gasteiger partial charge is 0.506 e. The number of rotatable bonds is 2. The van der Waals surface area contributed by atoms with E-state index in [-0.39, 0.29) is 12.2 Å². The van der Waals surface area contributed by atoms with Gasteiger partial charge in [-0.15, -0.1) is 0 Å². The van der Waals surface area contributed by atoms with Crippen molar-refractivity contribution >= 4 is 0 Å². The molecule has 0 atom stereocenters. The second-order valence-electron chi connectivity index (χ2n) is 3.36. The van der Waals surface area contributed by atoms with Crippen molar-refractivity contribution in [3.63, 3.8) is 0 Å². The van der Waals surface area contributed by atoms with E-state index in [0.29, 0.717) is 5.69 Å². The minimum absolute atomic E-state index is 0.0706. The van der Waals surface area contributed by atoms with E-state index < -0.39 is 0 Å². The summed E-state index contributed by atoms with van der Waals surface area (Å²) in [5.41, 5.74) is 2.16. The summed E-state index contributed by atoms with van der Waals surface area (Å²) in [6.07, 6.45) is 0.118. The summed E-state index contributed by atoms with van der Waals surface area (Å²) in [4.78, 5) is 4.26. The molecule has 0 amide bonds. The van der Waals surface area contributed by atoms with E-state index in [1.807, 2.05) is 36.4 Å². The maximum atomic E-state index is 9.50. The standard InChI is InChI=1S/C13H10N2O/c14-9-8-12-13(16)7-6-11(15-12)10-4-2-1-3-5-10/h1-7,16H,8H2. The van der Waals surface area contributed by atoms with Crippen LogP contribution in [0.15, 0.2) is 42.5 Å². The van der Waals surface area contributed by atoms with Crippen LogP contribution in [0.4, 0.5) is 0 Å². The number of hydrogen-bond acceptors (Lipinski definition) is 3. The highest BCUT2D eigenvalue weighted by atomic mass is 16.3. The summed E-state index contributed by atoms with van der Waals surface area (Å²) in [6, 6.07) is 15.0. The van der Waals surface area contributed by atoms with Crippen molar-refractivity contribution in [2.75, 3.05) is 0 Å². The minimum Gasteiger partial charge on any atom is -0.506 e. The number of hydrogen-bond donors (Lipinski definition) is 1. The molecule has 0 bridgehead atoms. The minimum atomic E-state index is 0.0706. The molecule has 0 radical (unpaired) electrons. The average molecular weight is 210 g/mol. The third-order valence-electron chi connectivity index (χ3n) is 2.27. The van der Waals surface area contributed by atoms with Crippen molar-refractivity contribution in [2.45, 2.75) is 6.42 Å². The highest BCUT2D eigenvalue weighted by Crippen LogP contribution is 2.22. The first-order valence-corrected chi connectivity index (χ1v) is 4.92. The van der Waals surface area contributed by atoms with Crippen molar-refractivity contribution in [2.24, 2.45) is 0 Å². The zero-order valence-electron chi connectivity index (χ0n) is 8.59. The molecule has 0 fully saturated rings. The zero-order chi connectivity index (χ0) is 11.4. The summed E-state index contributed by atoms with van der Waals surface area (Å²) in [5.74, 6) is 0.0706. The Hall–Kier alpha value is -2.34. The van der Waals surface area contributed by atoms with Crippen LogP contribution in [0.3, 0.4) is 0 Å². The van der Waals surface area contributed by atoms with Crippen LogP contribution >= 0.6 is 0 Å². The van der Waals surface area contributed by atoms with E-state index in [9.17, 15) is 5.11 Å². The van der Waals surface area contributed by atoms with Gasteiger partial charge in [0.2, 0.25) is 0 Å². The van der Waals surface area contributed by atoms with Crippen molar-refractivity contribution < 1.29 is 5.11 Å². The lowest BCUT2D eigenvalue weighted by atomic mass is 10.1. The smallest absolute Gasteiger partial charge is 0.138 e. The first kappa shape index (κ1) is 10.2. The van der Waals surface area contributed by atoms with E-state index in [1.165, 1.54) is 0 Å². The Morgan fingerprint density at radius 2 is 1.88 bits per heavy atom. The van der Waals surface area contributed by atoms with Crippen molar-refractivity contribution in [1.82, 2.24) is 4.98 Å².